The van der Waals surface area contributed by atoms with Gasteiger partial charge < -0.3 is 10.5 Å². The summed E-state index contributed by atoms with van der Waals surface area (Å²) in [6, 6.07) is 9.23. The van der Waals surface area contributed by atoms with E-state index in [0.29, 0.717) is 0 Å². The lowest BCUT2D eigenvalue weighted by Gasteiger charge is -2.41. The van der Waals surface area contributed by atoms with Gasteiger partial charge in [0, 0.05) is 24.7 Å². The van der Waals surface area contributed by atoms with Crippen LogP contribution < -0.4 is 10.5 Å². The van der Waals surface area contributed by atoms with E-state index in [1.165, 1.54) is 37.8 Å². The van der Waals surface area contributed by atoms with E-state index in [0.717, 1.165) is 30.7 Å². The second kappa shape index (κ2) is 5.98. The minimum absolute atomic E-state index is 0.0817. The lowest BCUT2D eigenvalue weighted by Crippen LogP contribution is -2.55. The van der Waals surface area contributed by atoms with Crippen LogP contribution in [-0.4, -0.2) is 36.7 Å². The van der Waals surface area contributed by atoms with Gasteiger partial charge in [-0.2, -0.15) is 0 Å². The summed E-state index contributed by atoms with van der Waals surface area (Å²) in [6.45, 7) is 4.31. The number of hydrogen-bond donors (Lipinski definition) is 1. The summed E-state index contributed by atoms with van der Waals surface area (Å²) in [4.78, 5) is 2.72. The molecular weight excluding hydrogens is 260 g/mol. The van der Waals surface area contributed by atoms with Crippen LogP contribution in [-0.2, 0) is 6.42 Å². The fourth-order valence-electron chi connectivity index (χ4n) is 3.25. The zero-order chi connectivity index (χ0) is 14.9. The molecule has 1 unspecified atom stereocenters. The summed E-state index contributed by atoms with van der Waals surface area (Å²) in [7, 11) is 1.71. The minimum Gasteiger partial charge on any atom is -0.497 e. The Balaban J connectivity index is 1.73. The maximum atomic E-state index is 6.21. The summed E-state index contributed by atoms with van der Waals surface area (Å²) in [6.07, 6.45) is 6.55. The molecule has 116 valence electrons. The molecule has 2 aliphatic carbocycles. The Morgan fingerprint density at radius 1 is 1.19 bits per heavy atom. The highest BCUT2D eigenvalue weighted by Crippen LogP contribution is 2.39. The third-order valence-electron chi connectivity index (χ3n) is 5.02. The Morgan fingerprint density at radius 2 is 1.86 bits per heavy atom. The van der Waals surface area contributed by atoms with Crippen LogP contribution in [0.4, 0.5) is 0 Å². The third-order valence-corrected chi connectivity index (χ3v) is 5.02. The van der Waals surface area contributed by atoms with E-state index in [-0.39, 0.29) is 5.54 Å². The smallest absolute Gasteiger partial charge is 0.118 e. The van der Waals surface area contributed by atoms with E-state index in [9.17, 15) is 0 Å². The van der Waals surface area contributed by atoms with Gasteiger partial charge in [-0.25, -0.2) is 0 Å². The molecule has 2 fully saturated rings. The average molecular weight is 288 g/mol. The Hall–Kier alpha value is -1.06. The van der Waals surface area contributed by atoms with E-state index in [1.54, 1.807) is 7.11 Å². The fraction of sp³-hybridized carbons (Fsp3) is 0.667. The minimum atomic E-state index is 0.0817. The van der Waals surface area contributed by atoms with Crippen molar-refractivity contribution in [2.45, 2.75) is 50.6 Å². The summed E-state index contributed by atoms with van der Waals surface area (Å²) >= 11 is 0. The Morgan fingerprint density at radius 3 is 2.33 bits per heavy atom. The van der Waals surface area contributed by atoms with E-state index in [1.807, 2.05) is 0 Å². The van der Waals surface area contributed by atoms with Crippen LogP contribution in [0.25, 0.3) is 0 Å². The highest BCUT2D eigenvalue weighted by molar-refractivity contribution is 5.28. The summed E-state index contributed by atoms with van der Waals surface area (Å²) in [5.41, 5.74) is 7.64. The average Bonchev–Trinajstić information content (AvgIpc) is 3.39. The van der Waals surface area contributed by atoms with Crippen LogP contribution in [0.5, 0.6) is 5.75 Å². The van der Waals surface area contributed by atoms with Gasteiger partial charge in [-0.15, -0.1) is 0 Å². The first-order chi connectivity index (χ1) is 10.1. The molecule has 0 radical (unpaired) electrons. The number of nitrogens with two attached hydrogens (primary N) is 1. The topological polar surface area (TPSA) is 38.5 Å². The Bertz CT molecular complexity index is 465. The van der Waals surface area contributed by atoms with Crippen molar-refractivity contribution in [3.05, 3.63) is 29.8 Å². The lowest BCUT2D eigenvalue weighted by molar-refractivity contribution is 0.0945. The lowest BCUT2D eigenvalue weighted by atomic mass is 9.90. The Kier molecular flexibility index (Phi) is 4.23. The summed E-state index contributed by atoms with van der Waals surface area (Å²) in [5, 5.41) is 0. The first kappa shape index (κ1) is 14.9. The standard InChI is InChI=1S/C18H28N2O/c1-18(13-19,11-14-5-9-17(21-2)10-6-14)20(16-7-8-16)12-15-3-4-15/h5-6,9-10,15-16H,3-4,7-8,11-13,19H2,1-2H3. The number of hydrogen-bond acceptors (Lipinski definition) is 3. The van der Waals surface area contributed by atoms with Crippen LogP contribution in [0.2, 0.25) is 0 Å². The van der Waals surface area contributed by atoms with Crippen molar-refractivity contribution in [2.24, 2.45) is 11.7 Å². The molecule has 0 bridgehead atoms. The van der Waals surface area contributed by atoms with Crippen LogP contribution in [0.3, 0.4) is 0 Å². The van der Waals surface area contributed by atoms with Crippen molar-refractivity contribution < 1.29 is 4.74 Å². The predicted octanol–water partition coefficient (Wildman–Crippen LogP) is 2.83. The molecule has 0 aromatic heterocycles. The number of benzene rings is 1. The van der Waals surface area contributed by atoms with Gasteiger partial charge in [0.1, 0.15) is 5.75 Å². The van der Waals surface area contributed by atoms with Gasteiger partial charge in [0.05, 0.1) is 7.11 Å². The predicted molar refractivity (Wildman–Crippen MR) is 86.6 cm³/mol. The molecule has 1 atom stereocenters. The summed E-state index contributed by atoms with van der Waals surface area (Å²) < 4.78 is 5.25. The quantitative estimate of drug-likeness (QED) is 0.799. The second-order valence-electron chi connectivity index (χ2n) is 7.05. The third kappa shape index (κ3) is 3.58. The van der Waals surface area contributed by atoms with Crippen LogP contribution >= 0.6 is 0 Å². The van der Waals surface area contributed by atoms with Gasteiger partial charge in [-0.05, 0) is 62.6 Å². The molecule has 1 aromatic rings. The van der Waals surface area contributed by atoms with Crippen molar-refractivity contribution in [2.75, 3.05) is 20.2 Å². The number of nitrogens with zero attached hydrogens (tertiary/aromatic N) is 1. The SMILES string of the molecule is COc1ccc(CC(C)(CN)N(CC2CC2)C2CC2)cc1. The normalized spacial score (nSPS) is 21.3. The van der Waals surface area contributed by atoms with Crippen molar-refractivity contribution in [1.29, 1.82) is 0 Å². The van der Waals surface area contributed by atoms with E-state index < -0.39 is 0 Å². The molecule has 0 amide bonds. The maximum absolute atomic E-state index is 6.21. The van der Waals surface area contributed by atoms with Crippen LogP contribution in [0, 0.1) is 5.92 Å². The zero-order valence-corrected chi connectivity index (χ0v) is 13.3. The zero-order valence-electron chi connectivity index (χ0n) is 13.3. The molecule has 21 heavy (non-hydrogen) atoms. The molecule has 3 rings (SSSR count). The number of rotatable bonds is 8. The van der Waals surface area contributed by atoms with Gasteiger partial charge in [-0.3, -0.25) is 4.90 Å². The molecule has 2 aliphatic rings. The van der Waals surface area contributed by atoms with Gasteiger partial charge in [0.2, 0.25) is 0 Å². The van der Waals surface area contributed by atoms with Crippen molar-refractivity contribution in [3.8, 4) is 5.75 Å². The molecule has 2 saturated carbocycles. The van der Waals surface area contributed by atoms with Crippen molar-refractivity contribution in [1.82, 2.24) is 4.90 Å². The number of ether oxygens (including phenoxy) is 1. The molecule has 0 spiro atoms. The molecule has 0 aliphatic heterocycles. The molecule has 2 N–H and O–H groups in total. The monoisotopic (exact) mass is 288 g/mol. The van der Waals surface area contributed by atoms with E-state index in [4.69, 9.17) is 10.5 Å². The summed E-state index contributed by atoms with van der Waals surface area (Å²) in [5.74, 6) is 1.84. The van der Waals surface area contributed by atoms with Crippen molar-refractivity contribution >= 4 is 0 Å². The first-order valence-electron chi connectivity index (χ1n) is 8.24. The maximum Gasteiger partial charge on any atom is 0.118 e. The van der Waals surface area contributed by atoms with Crippen LogP contribution in [0.1, 0.15) is 38.2 Å². The molecule has 0 heterocycles. The fourth-order valence-corrected chi connectivity index (χ4v) is 3.25. The van der Waals surface area contributed by atoms with Gasteiger partial charge in [0.25, 0.3) is 0 Å². The van der Waals surface area contributed by atoms with Gasteiger partial charge >= 0.3 is 0 Å². The second-order valence-corrected chi connectivity index (χ2v) is 7.05. The molecule has 3 nitrogen and oxygen atoms in total. The highest BCUT2D eigenvalue weighted by Gasteiger charge is 2.42. The van der Waals surface area contributed by atoms with Gasteiger partial charge in [-0.1, -0.05) is 12.1 Å². The van der Waals surface area contributed by atoms with E-state index >= 15 is 0 Å². The van der Waals surface area contributed by atoms with Crippen molar-refractivity contribution in [3.63, 3.8) is 0 Å². The molecule has 1 aromatic carbocycles. The van der Waals surface area contributed by atoms with E-state index in [2.05, 4.69) is 36.1 Å². The number of methoxy groups -OCH3 is 1. The molecular formula is C18H28N2O. The highest BCUT2D eigenvalue weighted by atomic mass is 16.5. The first-order valence-corrected chi connectivity index (χ1v) is 8.24. The molecule has 3 heteroatoms. The largest absolute Gasteiger partial charge is 0.497 e. The molecule has 0 saturated heterocycles. The van der Waals surface area contributed by atoms with Gasteiger partial charge in [0.15, 0.2) is 0 Å². The van der Waals surface area contributed by atoms with Crippen LogP contribution in [0.15, 0.2) is 24.3 Å². The Labute approximate surface area is 128 Å².